The van der Waals surface area contributed by atoms with E-state index >= 15 is 0 Å². The second-order valence-electron chi connectivity index (χ2n) is 1.02. The summed E-state index contributed by atoms with van der Waals surface area (Å²) in [5.74, 6) is 0. The Morgan fingerprint density at radius 2 is 2.33 bits per heavy atom. The fraction of sp³-hybridized carbons (Fsp3) is 0.500. The molecule has 0 aliphatic rings. The first-order chi connectivity index (χ1) is 2.81. The summed E-state index contributed by atoms with van der Waals surface area (Å²) in [6.07, 6.45) is 1.73. The molecule has 0 unspecified atom stereocenters. The molecule has 0 aromatic rings. The molecule has 0 saturated carbocycles. The molecule has 6 heavy (non-hydrogen) atoms. The third-order valence-corrected chi connectivity index (χ3v) is 0.555. The lowest BCUT2D eigenvalue weighted by Gasteiger charge is -1.79. The molecule has 2 N–H and O–H groups in total. The molecule has 0 heterocycles. The van der Waals surface area contributed by atoms with Crippen LogP contribution in [0.15, 0.2) is 0 Å². The van der Waals surface area contributed by atoms with E-state index in [1.165, 1.54) is 0 Å². The third kappa shape index (κ3) is 1.64. The highest BCUT2D eigenvalue weighted by molar-refractivity contribution is 6.27. The lowest BCUT2D eigenvalue weighted by atomic mass is 10.3. The largest absolute Gasteiger partial charge is 0.307 e. The molecule has 0 bridgehead atoms. The van der Waals surface area contributed by atoms with E-state index in [0.717, 1.165) is 6.21 Å². The molecule has 2 heteroatoms. The summed E-state index contributed by atoms with van der Waals surface area (Å²) in [6, 6.07) is 0. The molecule has 2 nitrogen and oxygen atoms in total. The van der Waals surface area contributed by atoms with Crippen molar-refractivity contribution in [2.24, 2.45) is 0 Å². The summed E-state index contributed by atoms with van der Waals surface area (Å²) < 4.78 is 0. The Hall–Kier alpha value is -0.660. The summed E-state index contributed by atoms with van der Waals surface area (Å²) in [5.41, 5.74) is 0.384. The smallest absolute Gasteiger partial charge is 0.0486 e. The van der Waals surface area contributed by atoms with Crippen LogP contribution in [0, 0.1) is 10.8 Å². The highest BCUT2D eigenvalue weighted by Crippen LogP contribution is 1.71. The average Bonchev–Trinajstić information content (AvgIpc) is 1.65. The van der Waals surface area contributed by atoms with Crippen LogP contribution in [-0.2, 0) is 0 Å². The number of hydrogen-bond donors (Lipinski definition) is 2. The van der Waals surface area contributed by atoms with Crippen molar-refractivity contribution in [2.75, 3.05) is 0 Å². The van der Waals surface area contributed by atoms with Crippen molar-refractivity contribution in [3.05, 3.63) is 0 Å². The van der Waals surface area contributed by atoms with Crippen molar-refractivity contribution >= 4 is 11.9 Å². The fourth-order valence-corrected chi connectivity index (χ4v) is 0.102. The summed E-state index contributed by atoms with van der Waals surface area (Å²) in [6.45, 7) is 1.85. The highest BCUT2D eigenvalue weighted by Gasteiger charge is 1.77. The lowest BCUT2D eigenvalue weighted by molar-refractivity contribution is 1.27. The molecule has 0 spiro atoms. The van der Waals surface area contributed by atoms with E-state index in [9.17, 15) is 0 Å². The molecular weight excluding hydrogens is 76.1 g/mol. The van der Waals surface area contributed by atoms with E-state index in [-0.39, 0.29) is 0 Å². The van der Waals surface area contributed by atoms with Gasteiger partial charge in [0.2, 0.25) is 0 Å². The van der Waals surface area contributed by atoms with Gasteiger partial charge in [-0.25, -0.2) is 0 Å². The van der Waals surface area contributed by atoms with Crippen LogP contribution >= 0.6 is 0 Å². The molecule has 0 rings (SSSR count). The van der Waals surface area contributed by atoms with Crippen molar-refractivity contribution in [1.82, 2.24) is 0 Å². The van der Waals surface area contributed by atoms with Gasteiger partial charge in [0, 0.05) is 11.9 Å². The van der Waals surface area contributed by atoms with E-state index in [2.05, 4.69) is 0 Å². The summed E-state index contributed by atoms with van der Waals surface area (Å²) in [4.78, 5) is 0. The minimum Gasteiger partial charge on any atom is -0.307 e. The second-order valence-corrected chi connectivity index (χ2v) is 1.02. The Kier molecular flexibility index (Phi) is 2.29. The van der Waals surface area contributed by atoms with Crippen LogP contribution < -0.4 is 0 Å². The van der Waals surface area contributed by atoms with Gasteiger partial charge in [-0.15, -0.1) is 0 Å². The van der Waals surface area contributed by atoms with Gasteiger partial charge in [0.25, 0.3) is 0 Å². The fourth-order valence-electron chi connectivity index (χ4n) is 0.102. The first-order valence-electron chi connectivity index (χ1n) is 1.89. The van der Waals surface area contributed by atoms with Gasteiger partial charge in [0.05, 0.1) is 0 Å². The molecule has 0 fully saturated rings. The number of rotatable bonds is 2. The van der Waals surface area contributed by atoms with Crippen LogP contribution in [0.1, 0.15) is 13.3 Å². The van der Waals surface area contributed by atoms with Gasteiger partial charge in [-0.2, -0.15) is 0 Å². The number of hydrogen-bond acceptors (Lipinski definition) is 2. The van der Waals surface area contributed by atoms with Gasteiger partial charge < -0.3 is 10.8 Å². The van der Waals surface area contributed by atoms with Gasteiger partial charge in [-0.1, -0.05) is 6.92 Å². The quantitative estimate of drug-likeness (QED) is 0.470. The van der Waals surface area contributed by atoms with Crippen LogP contribution in [0.5, 0.6) is 0 Å². The molecule has 0 aromatic carbocycles. The SMILES string of the molecule is CCC(=N)C=N. The van der Waals surface area contributed by atoms with Crippen LogP contribution in [0.4, 0.5) is 0 Å². The van der Waals surface area contributed by atoms with Crippen molar-refractivity contribution < 1.29 is 0 Å². The van der Waals surface area contributed by atoms with Crippen molar-refractivity contribution in [3.63, 3.8) is 0 Å². The zero-order valence-electron chi connectivity index (χ0n) is 3.78. The monoisotopic (exact) mass is 84.1 g/mol. The first-order valence-corrected chi connectivity index (χ1v) is 1.89. The summed E-state index contributed by atoms with van der Waals surface area (Å²) in [5, 5.41) is 13.2. The van der Waals surface area contributed by atoms with Crippen LogP contribution in [0.3, 0.4) is 0 Å². The maximum absolute atomic E-state index is 6.74. The molecule has 0 aliphatic carbocycles. The van der Waals surface area contributed by atoms with Crippen LogP contribution in [0.2, 0.25) is 0 Å². The van der Waals surface area contributed by atoms with E-state index in [0.29, 0.717) is 12.1 Å². The molecule has 0 aromatic heterocycles. The zero-order valence-corrected chi connectivity index (χ0v) is 3.78. The van der Waals surface area contributed by atoms with Gasteiger partial charge in [-0.3, -0.25) is 0 Å². The molecule has 0 radical (unpaired) electrons. The van der Waals surface area contributed by atoms with Crippen LogP contribution in [0.25, 0.3) is 0 Å². The normalized spacial score (nSPS) is 7.50. The first kappa shape index (κ1) is 5.34. The van der Waals surface area contributed by atoms with Crippen molar-refractivity contribution in [2.45, 2.75) is 13.3 Å². The predicted octanol–water partition coefficient (Wildman–Crippen LogP) is 1.07. The van der Waals surface area contributed by atoms with E-state index in [1.54, 1.807) is 0 Å². The summed E-state index contributed by atoms with van der Waals surface area (Å²) in [7, 11) is 0. The highest BCUT2D eigenvalue weighted by atomic mass is 14.4. The molecular formula is C4H8N2. The van der Waals surface area contributed by atoms with Gasteiger partial charge >= 0.3 is 0 Å². The zero-order chi connectivity index (χ0) is 4.99. The Morgan fingerprint density at radius 3 is 2.33 bits per heavy atom. The Bertz CT molecular complexity index is 65.9. The maximum Gasteiger partial charge on any atom is 0.0486 e. The Labute approximate surface area is 37.2 Å². The Balaban J connectivity index is 3.23. The minimum atomic E-state index is 0.384. The van der Waals surface area contributed by atoms with E-state index in [1.807, 2.05) is 6.92 Å². The van der Waals surface area contributed by atoms with E-state index in [4.69, 9.17) is 10.8 Å². The topological polar surface area (TPSA) is 47.7 Å². The molecule has 0 atom stereocenters. The predicted molar refractivity (Wildman–Crippen MR) is 26.8 cm³/mol. The average molecular weight is 84.1 g/mol. The van der Waals surface area contributed by atoms with Gasteiger partial charge in [-0.05, 0) is 6.42 Å². The standard InChI is InChI=1S/C4H8N2/c1-2-4(6)3-5/h3,5-6H,2H2,1H3. The van der Waals surface area contributed by atoms with Crippen molar-refractivity contribution in [3.8, 4) is 0 Å². The van der Waals surface area contributed by atoms with Crippen LogP contribution in [-0.4, -0.2) is 11.9 Å². The molecule has 0 aliphatic heterocycles. The number of nitrogens with one attached hydrogen (secondary N) is 2. The minimum absolute atomic E-state index is 0.384. The molecule has 0 saturated heterocycles. The maximum atomic E-state index is 6.74. The third-order valence-electron chi connectivity index (χ3n) is 0.555. The summed E-state index contributed by atoms with van der Waals surface area (Å²) >= 11 is 0. The van der Waals surface area contributed by atoms with E-state index < -0.39 is 0 Å². The van der Waals surface area contributed by atoms with Gasteiger partial charge in [0.15, 0.2) is 0 Å². The second kappa shape index (κ2) is 2.57. The lowest BCUT2D eigenvalue weighted by Crippen LogP contribution is -1.90. The molecule has 0 amide bonds. The van der Waals surface area contributed by atoms with Gasteiger partial charge in [0.1, 0.15) is 0 Å². The molecule has 34 valence electrons. The Morgan fingerprint density at radius 1 is 1.83 bits per heavy atom. The van der Waals surface area contributed by atoms with Crippen molar-refractivity contribution in [1.29, 1.82) is 10.8 Å².